The molecule has 0 radical (unpaired) electrons. The molecule has 0 saturated heterocycles. The first-order valence-electron chi connectivity index (χ1n) is 12.2. The van der Waals surface area contributed by atoms with Crippen LogP contribution in [0.1, 0.15) is 29.4 Å². The molecule has 1 unspecified atom stereocenters. The molecule has 5 heterocycles. The molecule has 0 bridgehead atoms. The molecule has 0 aliphatic heterocycles. The summed E-state index contributed by atoms with van der Waals surface area (Å²) in [6.07, 6.45) is 7.28. The standard InChI is InChI=1S/C28H24F2N8/c1-18-3-4-19(2)38(18)28-34-26-15-21(11-14-36(26)35-28)27-31-13-10-24(33-27)22-16-32-37(17-22)25(9-12-29)20-5-7-23(30)8-6-20/h3-8,10-11,13-17,25H,9,12H2,1-2H3. The van der Waals surface area contributed by atoms with Crippen molar-refractivity contribution in [2.24, 2.45) is 0 Å². The van der Waals surface area contributed by atoms with Gasteiger partial charge in [-0.15, -0.1) is 5.10 Å². The molecule has 8 nitrogen and oxygen atoms in total. The fourth-order valence-electron chi connectivity index (χ4n) is 4.63. The topological polar surface area (TPSA) is 78.7 Å². The van der Waals surface area contributed by atoms with Crippen molar-refractivity contribution in [1.29, 1.82) is 0 Å². The predicted octanol–water partition coefficient (Wildman–Crippen LogP) is 5.55. The van der Waals surface area contributed by atoms with E-state index in [0.29, 0.717) is 23.1 Å². The number of aromatic nitrogens is 8. The summed E-state index contributed by atoms with van der Waals surface area (Å²) in [4.78, 5) is 13.9. The zero-order valence-corrected chi connectivity index (χ0v) is 20.8. The van der Waals surface area contributed by atoms with Gasteiger partial charge in [-0.3, -0.25) is 13.6 Å². The minimum atomic E-state index is -0.523. The molecule has 0 aliphatic carbocycles. The number of aryl methyl sites for hydroxylation is 2. The van der Waals surface area contributed by atoms with E-state index in [-0.39, 0.29) is 18.3 Å². The average Bonchev–Trinajstić information content (AvgIpc) is 3.66. The Bertz CT molecular complexity index is 1710. The third-order valence-corrected chi connectivity index (χ3v) is 6.57. The molecule has 5 aromatic heterocycles. The molecule has 0 N–H and O–H groups in total. The fraction of sp³-hybridized carbons (Fsp3) is 0.179. The van der Waals surface area contributed by atoms with Crippen molar-refractivity contribution < 1.29 is 8.78 Å². The third kappa shape index (κ3) is 4.34. The molecule has 0 spiro atoms. The Labute approximate surface area is 217 Å². The van der Waals surface area contributed by atoms with Gasteiger partial charge in [0, 0.05) is 47.5 Å². The van der Waals surface area contributed by atoms with Gasteiger partial charge in [0.1, 0.15) is 5.82 Å². The molecule has 0 aliphatic rings. The summed E-state index contributed by atoms with van der Waals surface area (Å²) in [6, 6.07) is 15.4. The van der Waals surface area contributed by atoms with E-state index in [0.717, 1.165) is 28.1 Å². The number of nitrogens with zero attached hydrogens (tertiary/aromatic N) is 8. The molecular weight excluding hydrogens is 486 g/mol. The lowest BCUT2D eigenvalue weighted by molar-refractivity contribution is 0.395. The van der Waals surface area contributed by atoms with E-state index in [1.807, 2.05) is 55.1 Å². The molecule has 38 heavy (non-hydrogen) atoms. The van der Waals surface area contributed by atoms with Gasteiger partial charge in [0.25, 0.3) is 5.95 Å². The zero-order valence-electron chi connectivity index (χ0n) is 20.8. The number of hydrogen-bond donors (Lipinski definition) is 0. The number of pyridine rings is 1. The summed E-state index contributed by atoms with van der Waals surface area (Å²) in [6.45, 7) is 3.52. The summed E-state index contributed by atoms with van der Waals surface area (Å²) in [5.74, 6) is 0.806. The number of fused-ring (bicyclic) bond motifs is 1. The van der Waals surface area contributed by atoms with Gasteiger partial charge >= 0.3 is 0 Å². The van der Waals surface area contributed by atoms with Crippen LogP contribution in [0.25, 0.3) is 34.2 Å². The molecular formula is C28H24F2N8. The van der Waals surface area contributed by atoms with Gasteiger partial charge in [0.2, 0.25) is 0 Å². The van der Waals surface area contributed by atoms with Gasteiger partial charge in [-0.25, -0.2) is 18.9 Å². The first kappa shape index (κ1) is 23.7. The molecule has 6 aromatic rings. The van der Waals surface area contributed by atoms with Crippen LogP contribution in [0.2, 0.25) is 0 Å². The van der Waals surface area contributed by atoms with Crippen molar-refractivity contribution in [2.75, 3.05) is 6.67 Å². The minimum Gasteiger partial charge on any atom is -0.286 e. The zero-order chi connectivity index (χ0) is 26.2. The Kier molecular flexibility index (Phi) is 5.99. The quantitative estimate of drug-likeness (QED) is 0.282. The molecule has 190 valence electrons. The molecule has 0 amide bonds. The Hall–Kier alpha value is -4.73. The normalized spacial score (nSPS) is 12.3. The highest BCUT2D eigenvalue weighted by Crippen LogP contribution is 2.26. The monoisotopic (exact) mass is 510 g/mol. The third-order valence-electron chi connectivity index (χ3n) is 6.57. The van der Waals surface area contributed by atoms with Crippen LogP contribution in [0, 0.1) is 19.7 Å². The number of alkyl halides is 1. The highest BCUT2D eigenvalue weighted by Gasteiger charge is 2.17. The highest BCUT2D eigenvalue weighted by molar-refractivity contribution is 5.65. The Morgan fingerprint density at radius 3 is 2.47 bits per heavy atom. The van der Waals surface area contributed by atoms with E-state index in [1.165, 1.54) is 12.1 Å². The van der Waals surface area contributed by atoms with Crippen LogP contribution in [0.3, 0.4) is 0 Å². The van der Waals surface area contributed by atoms with E-state index >= 15 is 0 Å². The Morgan fingerprint density at radius 2 is 1.71 bits per heavy atom. The fourth-order valence-corrected chi connectivity index (χ4v) is 4.63. The lowest BCUT2D eigenvalue weighted by Gasteiger charge is -2.16. The van der Waals surface area contributed by atoms with Crippen LogP contribution in [0.4, 0.5) is 8.78 Å². The predicted molar refractivity (Wildman–Crippen MR) is 139 cm³/mol. The molecule has 1 atom stereocenters. The first-order valence-corrected chi connectivity index (χ1v) is 12.2. The van der Waals surface area contributed by atoms with E-state index in [1.54, 1.807) is 39.8 Å². The molecule has 0 saturated carbocycles. The molecule has 10 heteroatoms. The van der Waals surface area contributed by atoms with Crippen molar-refractivity contribution in [3.8, 4) is 28.6 Å². The van der Waals surface area contributed by atoms with Crippen molar-refractivity contribution in [2.45, 2.75) is 26.3 Å². The minimum absolute atomic E-state index is 0.226. The second-order valence-corrected chi connectivity index (χ2v) is 9.10. The summed E-state index contributed by atoms with van der Waals surface area (Å²) in [5, 5.41) is 9.08. The largest absolute Gasteiger partial charge is 0.286 e. The summed E-state index contributed by atoms with van der Waals surface area (Å²) < 4.78 is 32.2. The van der Waals surface area contributed by atoms with E-state index < -0.39 is 6.67 Å². The second-order valence-electron chi connectivity index (χ2n) is 9.10. The van der Waals surface area contributed by atoms with E-state index in [4.69, 9.17) is 9.97 Å². The number of halogens is 2. The number of hydrogen-bond acceptors (Lipinski definition) is 5. The summed E-state index contributed by atoms with van der Waals surface area (Å²) in [7, 11) is 0. The van der Waals surface area contributed by atoms with Crippen LogP contribution < -0.4 is 0 Å². The lowest BCUT2D eigenvalue weighted by atomic mass is 10.0. The highest BCUT2D eigenvalue weighted by atomic mass is 19.1. The SMILES string of the molecule is Cc1ccc(C)n1-c1nc2cc(-c3nccc(-c4cnn(C(CCF)c5ccc(F)cc5)c4)n3)ccn2n1. The number of benzene rings is 1. The average molecular weight is 511 g/mol. The summed E-state index contributed by atoms with van der Waals surface area (Å²) in [5.41, 5.74) is 5.83. The van der Waals surface area contributed by atoms with Crippen LogP contribution in [-0.2, 0) is 0 Å². The van der Waals surface area contributed by atoms with Crippen LogP contribution >= 0.6 is 0 Å². The molecule has 6 rings (SSSR count). The second kappa shape index (κ2) is 9.62. The van der Waals surface area contributed by atoms with Crippen molar-refractivity contribution in [3.63, 3.8) is 0 Å². The van der Waals surface area contributed by atoms with Gasteiger partial charge in [-0.1, -0.05) is 12.1 Å². The summed E-state index contributed by atoms with van der Waals surface area (Å²) >= 11 is 0. The molecule has 1 aromatic carbocycles. The van der Waals surface area contributed by atoms with E-state index in [2.05, 4.69) is 15.2 Å². The van der Waals surface area contributed by atoms with Crippen LogP contribution in [-0.4, -0.2) is 45.6 Å². The van der Waals surface area contributed by atoms with Gasteiger partial charge in [0.05, 0.1) is 24.6 Å². The van der Waals surface area contributed by atoms with Gasteiger partial charge in [-0.2, -0.15) is 10.1 Å². The van der Waals surface area contributed by atoms with Crippen molar-refractivity contribution in [3.05, 3.63) is 102 Å². The number of rotatable bonds is 7. The van der Waals surface area contributed by atoms with Gasteiger partial charge < -0.3 is 0 Å². The maximum absolute atomic E-state index is 13.4. The van der Waals surface area contributed by atoms with Crippen molar-refractivity contribution >= 4 is 5.65 Å². The maximum Gasteiger partial charge on any atom is 0.254 e. The smallest absolute Gasteiger partial charge is 0.254 e. The molecule has 0 fully saturated rings. The van der Waals surface area contributed by atoms with Gasteiger partial charge in [0.15, 0.2) is 11.5 Å². The van der Waals surface area contributed by atoms with E-state index in [9.17, 15) is 8.78 Å². The maximum atomic E-state index is 13.4. The van der Waals surface area contributed by atoms with Gasteiger partial charge in [-0.05, 0) is 61.9 Å². The Morgan fingerprint density at radius 1 is 0.921 bits per heavy atom. The lowest BCUT2D eigenvalue weighted by Crippen LogP contribution is -2.12. The Balaban J connectivity index is 1.31. The van der Waals surface area contributed by atoms with Crippen LogP contribution in [0.5, 0.6) is 0 Å². The van der Waals surface area contributed by atoms with Crippen molar-refractivity contribution in [1.82, 2.24) is 38.9 Å². The first-order chi connectivity index (χ1) is 18.5. The van der Waals surface area contributed by atoms with Crippen LogP contribution in [0.15, 0.2) is 79.4 Å².